The number of benzene rings is 1. The van der Waals surface area contributed by atoms with Crippen LogP contribution in [-0.2, 0) is 0 Å². The maximum absolute atomic E-state index is 13.2. The summed E-state index contributed by atoms with van der Waals surface area (Å²) in [6.45, 7) is 1.65. The van der Waals surface area contributed by atoms with E-state index in [4.69, 9.17) is 11.6 Å². The SMILES string of the molecule is Cc1cc(/C(Cl)=C(/C#N)c2ccncc2)ccc1F. The first kappa shape index (κ1) is 13.3. The Kier molecular flexibility index (Phi) is 3.94. The highest BCUT2D eigenvalue weighted by molar-refractivity contribution is 6.53. The lowest BCUT2D eigenvalue weighted by atomic mass is 10.0. The molecule has 0 unspecified atom stereocenters. The number of aryl methyl sites for hydroxylation is 1. The molecule has 1 aromatic heterocycles. The van der Waals surface area contributed by atoms with Crippen LogP contribution in [0.15, 0.2) is 42.7 Å². The highest BCUT2D eigenvalue weighted by atomic mass is 35.5. The predicted molar refractivity (Wildman–Crippen MR) is 73.7 cm³/mol. The van der Waals surface area contributed by atoms with Crippen molar-refractivity contribution in [3.63, 3.8) is 0 Å². The largest absolute Gasteiger partial charge is 0.265 e. The molecule has 94 valence electrons. The third-order valence-corrected chi connectivity index (χ3v) is 3.12. The van der Waals surface area contributed by atoms with E-state index in [-0.39, 0.29) is 5.82 Å². The molecule has 0 spiro atoms. The Bertz CT molecular complexity index is 672. The van der Waals surface area contributed by atoms with E-state index in [9.17, 15) is 9.65 Å². The van der Waals surface area contributed by atoms with Crippen molar-refractivity contribution < 1.29 is 4.39 Å². The zero-order chi connectivity index (χ0) is 13.8. The van der Waals surface area contributed by atoms with E-state index >= 15 is 0 Å². The zero-order valence-corrected chi connectivity index (χ0v) is 10.9. The fourth-order valence-corrected chi connectivity index (χ4v) is 1.95. The molecule has 0 aliphatic carbocycles. The van der Waals surface area contributed by atoms with Crippen LogP contribution in [0.25, 0.3) is 10.6 Å². The molecule has 0 radical (unpaired) electrons. The molecule has 0 bridgehead atoms. The molecule has 0 aliphatic rings. The topological polar surface area (TPSA) is 36.7 Å². The highest BCUT2D eigenvalue weighted by Gasteiger charge is 2.10. The summed E-state index contributed by atoms with van der Waals surface area (Å²) in [7, 11) is 0. The van der Waals surface area contributed by atoms with Gasteiger partial charge in [-0.3, -0.25) is 4.98 Å². The minimum atomic E-state index is -0.296. The first-order chi connectivity index (χ1) is 9.13. The second-order valence-corrected chi connectivity index (χ2v) is 4.38. The number of hydrogen-bond donors (Lipinski definition) is 0. The van der Waals surface area contributed by atoms with Gasteiger partial charge in [-0.2, -0.15) is 5.26 Å². The summed E-state index contributed by atoms with van der Waals surface area (Å²) in [6, 6.07) is 10.0. The molecular weight excluding hydrogens is 263 g/mol. The number of pyridine rings is 1. The van der Waals surface area contributed by atoms with Gasteiger partial charge in [-0.05, 0) is 47.9 Å². The maximum Gasteiger partial charge on any atom is 0.126 e. The first-order valence-corrected chi connectivity index (χ1v) is 5.98. The quantitative estimate of drug-likeness (QED) is 0.770. The fraction of sp³-hybridized carbons (Fsp3) is 0.0667. The van der Waals surface area contributed by atoms with Gasteiger partial charge in [0.2, 0.25) is 0 Å². The Hall–Kier alpha value is -2.18. The average molecular weight is 273 g/mol. The van der Waals surface area contributed by atoms with E-state index in [1.807, 2.05) is 0 Å². The van der Waals surface area contributed by atoms with Crippen LogP contribution >= 0.6 is 11.6 Å². The second kappa shape index (κ2) is 5.64. The lowest BCUT2D eigenvalue weighted by Gasteiger charge is -2.06. The van der Waals surface area contributed by atoms with Gasteiger partial charge in [0.15, 0.2) is 0 Å². The van der Waals surface area contributed by atoms with Crippen molar-refractivity contribution in [2.24, 2.45) is 0 Å². The minimum absolute atomic E-state index is 0.296. The number of aromatic nitrogens is 1. The van der Waals surface area contributed by atoms with E-state index in [2.05, 4.69) is 11.1 Å². The summed E-state index contributed by atoms with van der Waals surface area (Å²) in [4.78, 5) is 3.90. The lowest BCUT2D eigenvalue weighted by Crippen LogP contribution is -1.89. The Morgan fingerprint density at radius 2 is 1.89 bits per heavy atom. The number of halogens is 2. The Labute approximate surface area is 115 Å². The molecule has 1 heterocycles. The zero-order valence-electron chi connectivity index (χ0n) is 10.2. The Morgan fingerprint density at radius 1 is 1.21 bits per heavy atom. The van der Waals surface area contributed by atoms with Crippen LogP contribution in [0.3, 0.4) is 0 Å². The Morgan fingerprint density at radius 3 is 2.47 bits per heavy atom. The van der Waals surface area contributed by atoms with Crippen LogP contribution < -0.4 is 0 Å². The standard InChI is InChI=1S/C15H10ClFN2/c1-10-8-12(2-3-14(10)17)15(16)13(9-18)11-4-6-19-7-5-11/h2-8H,1H3/b15-13+. The number of hydrogen-bond acceptors (Lipinski definition) is 2. The summed E-state index contributed by atoms with van der Waals surface area (Å²) in [6.07, 6.45) is 3.18. The molecule has 2 nitrogen and oxygen atoms in total. The number of rotatable bonds is 2. The summed E-state index contributed by atoms with van der Waals surface area (Å²) < 4.78 is 13.2. The van der Waals surface area contributed by atoms with Crippen molar-refractivity contribution in [3.05, 3.63) is 65.2 Å². The molecule has 4 heteroatoms. The van der Waals surface area contributed by atoms with Gasteiger partial charge in [-0.15, -0.1) is 0 Å². The van der Waals surface area contributed by atoms with Crippen molar-refractivity contribution in [2.45, 2.75) is 6.92 Å². The first-order valence-electron chi connectivity index (χ1n) is 5.60. The molecule has 0 N–H and O–H groups in total. The van der Waals surface area contributed by atoms with Gasteiger partial charge in [0.1, 0.15) is 11.9 Å². The van der Waals surface area contributed by atoms with Crippen LogP contribution in [0.2, 0.25) is 0 Å². The van der Waals surface area contributed by atoms with E-state index in [1.165, 1.54) is 6.07 Å². The van der Waals surface area contributed by atoms with Gasteiger partial charge >= 0.3 is 0 Å². The summed E-state index contributed by atoms with van der Waals surface area (Å²) in [5.74, 6) is -0.296. The molecule has 0 atom stereocenters. The molecule has 0 amide bonds. The fourth-order valence-electron chi connectivity index (χ4n) is 1.68. The number of allylic oxidation sites excluding steroid dienone is 1. The van der Waals surface area contributed by atoms with E-state index in [1.54, 1.807) is 43.6 Å². The Balaban J connectivity index is 2.56. The summed E-state index contributed by atoms with van der Waals surface area (Å²) in [5.41, 5.74) is 2.14. The molecule has 2 aromatic rings. The molecule has 1 aromatic carbocycles. The third-order valence-electron chi connectivity index (χ3n) is 2.71. The smallest absolute Gasteiger partial charge is 0.126 e. The van der Waals surface area contributed by atoms with Gasteiger partial charge in [0, 0.05) is 12.4 Å². The minimum Gasteiger partial charge on any atom is -0.265 e. The van der Waals surface area contributed by atoms with Crippen LogP contribution in [-0.4, -0.2) is 4.98 Å². The van der Waals surface area contributed by atoms with Gasteiger partial charge in [0.05, 0.1) is 10.6 Å². The maximum atomic E-state index is 13.2. The number of nitriles is 1. The molecule has 0 saturated heterocycles. The van der Waals surface area contributed by atoms with Crippen molar-refractivity contribution in [1.29, 1.82) is 5.26 Å². The van der Waals surface area contributed by atoms with Gasteiger partial charge in [-0.25, -0.2) is 4.39 Å². The van der Waals surface area contributed by atoms with Gasteiger partial charge in [0.25, 0.3) is 0 Å². The highest BCUT2D eigenvalue weighted by Crippen LogP contribution is 2.29. The van der Waals surface area contributed by atoms with E-state index in [0.717, 1.165) is 0 Å². The van der Waals surface area contributed by atoms with Crippen molar-refractivity contribution in [3.8, 4) is 6.07 Å². The lowest BCUT2D eigenvalue weighted by molar-refractivity contribution is 0.618. The monoisotopic (exact) mass is 272 g/mol. The van der Waals surface area contributed by atoms with Crippen LogP contribution in [0, 0.1) is 24.1 Å². The third kappa shape index (κ3) is 2.81. The number of nitrogens with zero attached hydrogens (tertiary/aromatic N) is 2. The van der Waals surface area contributed by atoms with Crippen LogP contribution in [0.1, 0.15) is 16.7 Å². The van der Waals surface area contributed by atoms with E-state index < -0.39 is 0 Å². The van der Waals surface area contributed by atoms with Gasteiger partial charge < -0.3 is 0 Å². The average Bonchev–Trinajstić information content (AvgIpc) is 2.44. The van der Waals surface area contributed by atoms with Crippen LogP contribution in [0.4, 0.5) is 4.39 Å². The summed E-state index contributed by atoms with van der Waals surface area (Å²) in [5, 5.41) is 9.55. The summed E-state index contributed by atoms with van der Waals surface area (Å²) >= 11 is 6.25. The molecule has 2 rings (SSSR count). The van der Waals surface area contributed by atoms with Crippen molar-refractivity contribution >= 4 is 22.2 Å². The molecule has 19 heavy (non-hydrogen) atoms. The van der Waals surface area contributed by atoms with Crippen molar-refractivity contribution in [1.82, 2.24) is 4.98 Å². The molecule has 0 aliphatic heterocycles. The second-order valence-electron chi connectivity index (χ2n) is 4.00. The normalized spacial score (nSPS) is 11.7. The van der Waals surface area contributed by atoms with E-state index in [0.29, 0.717) is 27.3 Å². The molecule has 0 fully saturated rings. The van der Waals surface area contributed by atoms with Crippen LogP contribution in [0.5, 0.6) is 0 Å². The van der Waals surface area contributed by atoms with Gasteiger partial charge in [-0.1, -0.05) is 17.7 Å². The molecule has 0 saturated carbocycles. The van der Waals surface area contributed by atoms with Crippen molar-refractivity contribution in [2.75, 3.05) is 0 Å². The predicted octanol–water partition coefficient (Wildman–Crippen LogP) is 4.16. The molecular formula is C15H10ClFN2.